The Morgan fingerprint density at radius 3 is 2.00 bits per heavy atom. The van der Waals surface area contributed by atoms with E-state index < -0.39 is 0 Å². The summed E-state index contributed by atoms with van der Waals surface area (Å²) < 4.78 is 11.1. The van der Waals surface area contributed by atoms with Gasteiger partial charge in [0.15, 0.2) is 0 Å². The topological polar surface area (TPSA) is 71.1 Å². The highest BCUT2D eigenvalue weighted by atomic mass is 16.5. The van der Waals surface area contributed by atoms with Crippen LogP contribution in [-0.4, -0.2) is 56.1 Å². The van der Waals surface area contributed by atoms with Crippen LogP contribution in [0.2, 0.25) is 0 Å². The van der Waals surface area contributed by atoms with Crippen LogP contribution in [0.3, 0.4) is 0 Å². The fraction of sp³-hybridized carbons (Fsp3) is 0.231. The quantitative estimate of drug-likeness (QED) is 0.571. The van der Waals surface area contributed by atoms with Crippen molar-refractivity contribution in [2.24, 2.45) is 0 Å². The van der Waals surface area contributed by atoms with Gasteiger partial charge in [-0.25, -0.2) is 0 Å². The van der Waals surface area contributed by atoms with E-state index in [-0.39, 0.29) is 25.0 Å². The zero-order chi connectivity index (χ0) is 22.9. The number of amides is 2. The number of piperazine rings is 1. The summed E-state index contributed by atoms with van der Waals surface area (Å²) in [6.45, 7) is 2.54. The molecule has 0 aliphatic carbocycles. The molecule has 0 spiro atoms. The summed E-state index contributed by atoms with van der Waals surface area (Å²) in [6, 6.07) is 26.7. The lowest BCUT2D eigenvalue weighted by Gasteiger charge is -2.36. The SMILES string of the molecule is O=C(COCC(=O)N1CCN(c2ccccc2)CC1)Nc1ccc(Oc2ccccc2)cc1. The van der Waals surface area contributed by atoms with Crippen LogP contribution >= 0.6 is 0 Å². The van der Waals surface area contributed by atoms with Crippen LogP contribution < -0.4 is 15.0 Å². The Morgan fingerprint density at radius 2 is 1.33 bits per heavy atom. The molecular formula is C26H27N3O4. The van der Waals surface area contributed by atoms with Crippen molar-refractivity contribution in [2.45, 2.75) is 0 Å². The van der Waals surface area contributed by atoms with Gasteiger partial charge in [-0.05, 0) is 48.5 Å². The number of anilines is 2. The number of para-hydroxylation sites is 2. The van der Waals surface area contributed by atoms with Crippen LogP contribution in [-0.2, 0) is 14.3 Å². The van der Waals surface area contributed by atoms with Crippen molar-refractivity contribution in [1.29, 1.82) is 0 Å². The molecule has 2 amide bonds. The third kappa shape index (κ3) is 6.57. The molecule has 170 valence electrons. The zero-order valence-corrected chi connectivity index (χ0v) is 18.4. The van der Waals surface area contributed by atoms with E-state index >= 15 is 0 Å². The van der Waals surface area contributed by atoms with Crippen LogP contribution in [0.5, 0.6) is 11.5 Å². The molecule has 7 heteroatoms. The van der Waals surface area contributed by atoms with Crippen molar-refractivity contribution in [1.82, 2.24) is 4.90 Å². The number of hydrogen-bond acceptors (Lipinski definition) is 5. The monoisotopic (exact) mass is 445 g/mol. The van der Waals surface area contributed by atoms with Gasteiger partial charge in [0.1, 0.15) is 24.7 Å². The number of rotatable bonds is 8. The number of carbonyl (C=O) groups excluding carboxylic acids is 2. The first-order valence-corrected chi connectivity index (χ1v) is 11.0. The molecule has 0 atom stereocenters. The first kappa shape index (κ1) is 22.4. The first-order valence-electron chi connectivity index (χ1n) is 11.0. The Labute approximate surface area is 193 Å². The van der Waals surface area contributed by atoms with Gasteiger partial charge in [-0.1, -0.05) is 36.4 Å². The Morgan fingerprint density at radius 1 is 0.727 bits per heavy atom. The molecule has 1 heterocycles. The molecule has 1 aliphatic heterocycles. The smallest absolute Gasteiger partial charge is 0.250 e. The number of carbonyl (C=O) groups is 2. The molecule has 0 saturated carbocycles. The maximum Gasteiger partial charge on any atom is 0.250 e. The summed E-state index contributed by atoms with van der Waals surface area (Å²) in [4.78, 5) is 28.6. The van der Waals surface area contributed by atoms with E-state index in [0.29, 0.717) is 24.5 Å². The predicted molar refractivity (Wildman–Crippen MR) is 128 cm³/mol. The van der Waals surface area contributed by atoms with E-state index in [4.69, 9.17) is 9.47 Å². The Balaban J connectivity index is 1.15. The molecule has 3 aromatic rings. The summed E-state index contributed by atoms with van der Waals surface area (Å²) in [6.07, 6.45) is 0. The molecule has 0 aromatic heterocycles. The molecule has 33 heavy (non-hydrogen) atoms. The molecule has 7 nitrogen and oxygen atoms in total. The summed E-state index contributed by atoms with van der Waals surface area (Å²) in [5.74, 6) is 1.01. The zero-order valence-electron chi connectivity index (χ0n) is 18.4. The van der Waals surface area contributed by atoms with E-state index in [2.05, 4.69) is 22.3 Å². The Kier molecular flexibility index (Phi) is 7.56. The molecule has 0 unspecified atom stereocenters. The lowest BCUT2D eigenvalue weighted by Crippen LogP contribution is -2.49. The minimum Gasteiger partial charge on any atom is -0.457 e. The third-order valence-corrected chi connectivity index (χ3v) is 5.33. The van der Waals surface area contributed by atoms with Gasteiger partial charge in [0.05, 0.1) is 0 Å². The van der Waals surface area contributed by atoms with Gasteiger partial charge in [-0.15, -0.1) is 0 Å². The second-order valence-electron chi connectivity index (χ2n) is 7.68. The van der Waals surface area contributed by atoms with E-state index in [9.17, 15) is 9.59 Å². The van der Waals surface area contributed by atoms with Crippen molar-refractivity contribution in [3.05, 3.63) is 84.9 Å². The van der Waals surface area contributed by atoms with Gasteiger partial charge < -0.3 is 24.6 Å². The van der Waals surface area contributed by atoms with Crippen molar-refractivity contribution in [2.75, 3.05) is 49.6 Å². The molecular weight excluding hydrogens is 418 g/mol. The van der Waals surface area contributed by atoms with Crippen LogP contribution in [0.4, 0.5) is 11.4 Å². The fourth-order valence-corrected chi connectivity index (χ4v) is 3.60. The second-order valence-corrected chi connectivity index (χ2v) is 7.68. The molecule has 0 radical (unpaired) electrons. The first-order chi connectivity index (χ1) is 16.2. The number of nitrogens with one attached hydrogen (secondary N) is 1. The molecule has 1 fully saturated rings. The minimum atomic E-state index is -0.312. The molecule has 1 saturated heterocycles. The van der Waals surface area contributed by atoms with Gasteiger partial charge in [-0.3, -0.25) is 9.59 Å². The highest BCUT2D eigenvalue weighted by Gasteiger charge is 2.21. The predicted octanol–water partition coefficient (Wildman–Crippen LogP) is 3.78. The van der Waals surface area contributed by atoms with Crippen molar-refractivity contribution >= 4 is 23.2 Å². The van der Waals surface area contributed by atoms with Gasteiger partial charge in [-0.2, -0.15) is 0 Å². The fourth-order valence-electron chi connectivity index (χ4n) is 3.60. The lowest BCUT2D eigenvalue weighted by atomic mass is 10.2. The van der Waals surface area contributed by atoms with E-state index in [0.717, 1.165) is 24.5 Å². The van der Waals surface area contributed by atoms with Crippen LogP contribution in [0.25, 0.3) is 0 Å². The maximum atomic E-state index is 12.4. The Hall–Kier alpha value is -3.84. The number of hydrogen-bond donors (Lipinski definition) is 1. The van der Waals surface area contributed by atoms with E-state index in [1.807, 2.05) is 48.5 Å². The third-order valence-electron chi connectivity index (χ3n) is 5.33. The van der Waals surface area contributed by atoms with Gasteiger partial charge in [0.25, 0.3) is 0 Å². The Bertz CT molecular complexity index is 1030. The van der Waals surface area contributed by atoms with Gasteiger partial charge in [0.2, 0.25) is 11.8 Å². The average Bonchev–Trinajstić information content (AvgIpc) is 2.86. The highest BCUT2D eigenvalue weighted by molar-refractivity contribution is 5.92. The van der Waals surface area contributed by atoms with Crippen molar-refractivity contribution in [3.8, 4) is 11.5 Å². The minimum absolute atomic E-state index is 0.0991. The van der Waals surface area contributed by atoms with E-state index in [1.54, 1.807) is 29.2 Å². The van der Waals surface area contributed by atoms with Crippen molar-refractivity contribution in [3.63, 3.8) is 0 Å². The summed E-state index contributed by atoms with van der Waals surface area (Å²) in [5, 5.41) is 2.76. The van der Waals surface area contributed by atoms with Gasteiger partial charge in [0, 0.05) is 37.6 Å². The maximum absolute atomic E-state index is 12.4. The van der Waals surface area contributed by atoms with Gasteiger partial charge >= 0.3 is 0 Å². The van der Waals surface area contributed by atoms with E-state index in [1.165, 1.54) is 0 Å². The lowest BCUT2D eigenvalue weighted by molar-refractivity contribution is -0.137. The van der Waals surface area contributed by atoms with Crippen LogP contribution in [0.15, 0.2) is 84.9 Å². The standard InChI is InChI=1S/C26H27N3O4/c30-25(27-21-11-13-24(14-12-21)33-23-9-5-2-6-10-23)19-32-20-26(31)29-17-15-28(16-18-29)22-7-3-1-4-8-22/h1-14H,15-20H2,(H,27,30). The highest BCUT2D eigenvalue weighted by Crippen LogP contribution is 2.22. The largest absolute Gasteiger partial charge is 0.457 e. The summed E-state index contributed by atoms with van der Waals surface area (Å²) in [7, 11) is 0. The summed E-state index contributed by atoms with van der Waals surface area (Å²) >= 11 is 0. The molecule has 3 aromatic carbocycles. The molecule has 4 rings (SSSR count). The normalized spacial score (nSPS) is 13.5. The van der Waals surface area contributed by atoms with Crippen LogP contribution in [0, 0.1) is 0 Å². The molecule has 0 bridgehead atoms. The van der Waals surface area contributed by atoms with Crippen LogP contribution in [0.1, 0.15) is 0 Å². The second kappa shape index (κ2) is 11.2. The molecule has 1 N–H and O–H groups in total. The number of ether oxygens (including phenoxy) is 2. The summed E-state index contributed by atoms with van der Waals surface area (Å²) in [5.41, 5.74) is 1.80. The van der Waals surface area contributed by atoms with Crippen molar-refractivity contribution < 1.29 is 19.1 Å². The average molecular weight is 446 g/mol. The molecule has 1 aliphatic rings. The number of nitrogens with zero attached hydrogens (tertiary/aromatic N) is 2. The number of benzene rings is 3.